The van der Waals surface area contributed by atoms with Gasteiger partial charge in [0.05, 0.1) is 18.6 Å². The number of ether oxygens (including phenoxy) is 1. The Morgan fingerprint density at radius 1 is 1.24 bits per heavy atom. The summed E-state index contributed by atoms with van der Waals surface area (Å²) in [5, 5.41) is 2.93. The third-order valence-corrected chi connectivity index (χ3v) is 4.14. The zero-order chi connectivity index (χ0) is 15.2. The first kappa shape index (κ1) is 15.4. The average Bonchev–Trinajstić information content (AvgIpc) is 2.52. The largest absolute Gasteiger partial charge is 0.469 e. The number of hydrogen-bond acceptors (Lipinski definition) is 4. The second-order valence-corrected chi connectivity index (χ2v) is 5.54. The van der Waals surface area contributed by atoms with Gasteiger partial charge >= 0.3 is 5.97 Å². The molecule has 5 nitrogen and oxygen atoms in total. The number of anilines is 1. The van der Waals surface area contributed by atoms with Gasteiger partial charge in [0.25, 0.3) is 5.91 Å². The molecular weight excluding hydrogens is 268 g/mol. The fourth-order valence-electron chi connectivity index (χ4n) is 2.80. The van der Waals surface area contributed by atoms with Crippen LogP contribution in [-0.4, -0.2) is 25.5 Å². The molecule has 1 aromatic rings. The summed E-state index contributed by atoms with van der Waals surface area (Å²) in [7, 11) is 1.43. The predicted octanol–water partition coefficient (Wildman–Crippen LogP) is 1.98. The fraction of sp³-hybridized carbons (Fsp3) is 0.500. The van der Waals surface area contributed by atoms with Crippen molar-refractivity contribution < 1.29 is 14.3 Å². The van der Waals surface area contributed by atoms with Crippen molar-refractivity contribution in [1.82, 2.24) is 5.32 Å². The van der Waals surface area contributed by atoms with Crippen LogP contribution >= 0.6 is 0 Å². The summed E-state index contributed by atoms with van der Waals surface area (Å²) in [6.45, 7) is 0.626. The minimum Gasteiger partial charge on any atom is -0.469 e. The maximum atomic E-state index is 12.1. The van der Waals surface area contributed by atoms with Gasteiger partial charge in [-0.2, -0.15) is 0 Å². The van der Waals surface area contributed by atoms with Gasteiger partial charge in [-0.1, -0.05) is 12.1 Å². The highest BCUT2D eigenvalue weighted by Crippen LogP contribution is 2.29. The molecule has 1 aliphatic rings. The van der Waals surface area contributed by atoms with Crippen molar-refractivity contribution in [3.05, 3.63) is 29.8 Å². The lowest BCUT2D eigenvalue weighted by Gasteiger charge is -2.27. The van der Waals surface area contributed by atoms with Crippen LogP contribution in [0.3, 0.4) is 0 Å². The highest BCUT2D eigenvalue weighted by atomic mass is 16.5. The van der Waals surface area contributed by atoms with Gasteiger partial charge in [0.1, 0.15) is 0 Å². The van der Waals surface area contributed by atoms with E-state index in [1.807, 2.05) is 0 Å². The van der Waals surface area contributed by atoms with E-state index >= 15 is 0 Å². The second-order valence-electron chi connectivity index (χ2n) is 5.54. The van der Waals surface area contributed by atoms with E-state index in [2.05, 4.69) is 5.32 Å². The van der Waals surface area contributed by atoms with E-state index < -0.39 is 0 Å². The minimum absolute atomic E-state index is 0.0201. The van der Waals surface area contributed by atoms with Crippen LogP contribution in [0.5, 0.6) is 0 Å². The molecule has 2 rings (SSSR count). The molecule has 0 bridgehead atoms. The molecule has 1 aliphatic carbocycles. The lowest BCUT2D eigenvalue weighted by atomic mass is 9.82. The van der Waals surface area contributed by atoms with Crippen molar-refractivity contribution in [2.24, 2.45) is 11.8 Å². The summed E-state index contributed by atoms with van der Waals surface area (Å²) >= 11 is 0. The summed E-state index contributed by atoms with van der Waals surface area (Å²) in [5.74, 6) is 0.184. The molecule has 3 N–H and O–H groups in total. The SMILES string of the molecule is COC(=O)C1CCC(CNC(=O)c2ccccc2N)CC1. The third-order valence-electron chi connectivity index (χ3n) is 4.14. The van der Waals surface area contributed by atoms with E-state index in [4.69, 9.17) is 10.5 Å². The molecule has 0 radical (unpaired) electrons. The van der Waals surface area contributed by atoms with E-state index in [1.165, 1.54) is 7.11 Å². The van der Waals surface area contributed by atoms with E-state index in [0.29, 0.717) is 23.7 Å². The first-order chi connectivity index (χ1) is 10.1. The summed E-state index contributed by atoms with van der Waals surface area (Å²) in [6.07, 6.45) is 3.54. The van der Waals surface area contributed by atoms with Crippen molar-refractivity contribution >= 4 is 17.6 Å². The highest BCUT2D eigenvalue weighted by molar-refractivity contribution is 5.99. The number of carbonyl (C=O) groups excluding carboxylic acids is 2. The Bertz CT molecular complexity index is 508. The smallest absolute Gasteiger partial charge is 0.308 e. The Kier molecular flexibility index (Phi) is 5.20. The molecule has 1 fully saturated rings. The van der Waals surface area contributed by atoms with Crippen molar-refractivity contribution in [2.75, 3.05) is 19.4 Å². The number of esters is 1. The molecule has 0 saturated heterocycles. The number of amides is 1. The van der Waals surface area contributed by atoms with Crippen molar-refractivity contribution in [1.29, 1.82) is 0 Å². The van der Waals surface area contributed by atoms with Crippen LogP contribution in [0.2, 0.25) is 0 Å². The van der Waals surface area contributed by atoms with Crippen LogP contribution in [0.25, 0.3) is 0 Å². The molecule has 0 aromatic heterocycles. The molecule has 114 valence electrons. The summed E-state index contributed by atoms with van der Waals surface area (Å²) in [4.78, 5) is 23.5. The number of rotatable bonds is 4. The standard InChI is InChI=1S/C16H22N2O3/c1-21-16(20)12-8-6-11(7-9-12)10-18-15(19)13-4-2-3-5-14(13)17/h2-5,11-12H,6-10,17H2,1H3,(H,18,19). The summed E-state index contributed by atoms with van der Waals surface area (Å²) in [5.41, 5.74) is 6.79. The Hall–Kier alpha value is -2.04. The van der Waals surface area contributed by atoms with Crippen LogP contribution in [0, 0.1) is 11.8 Å². The van der Waals surface area contributed by atoms with Gasteiger partial charge in [-0.25, -0.2) is 0 Å². The third kappa shape index (κ3) is 3.97. The number of hydrogen-bond donors (Lipinski definition) is 2. The van der Waals surface area contributed by atoms with Crippen LogP contribution in [-0.2, 0) is 9.53 Å². The van der Waals surface area contributed by atoms with E-state index in [-0.39, 0.29) is 17.8 Å². The van der Waals surface area contributed by atoms with Crippen LogP contribution < -0.4 is 11.1 Å². The number of carbonyl (C=O) groups is 2. The zero-order valence-electron chi connectivity index (χ0n) is 12.3. The van der Waals surface area contributed by atoms with E-state index in [0.717, 1.165) is 25.7 Å². The van der Waals surface area contributed by atoms with Gasteiger partial charge in [0.2, 0.25) is 0 Å². The van der Waals surface area contributed by atoms with Crippen LogP contribution in [0.1, 0.15) is 36.0 Å². The lowest BCUT2D eigenvalue weighted by Crippen LogP contribution is -2.33. The van der Waals surface area contributed by atoms with Gasteiger partial charge in [0, 0.05) is 12.2 Å². The first-order valence-corrected chi connectivity index (χ1v) is 7.32. The molecule has 1 aromatic carbocycles. The summed E-state index contributed by atoms with van der Waals surface area (Å²) < 4.78 is 4.77. The Balaban J connectivity index is 1.79. The molecule has 0 unspecified atom stereocenters. The number of methoxy groups -OCH3 is 1. The molecule has 21 heavy (non-hydrogen) atoms. The molecule has 1 amide bonds. The lowest BCUT2D eigenvalue weighted by molar-refractivity contribution is -0.146. The topological polar surface area (TPSA) is 81.4 Å². The van der Waals surface area contributed by atoms with Crippen LogP contribution in [0.4, 0.5) is 5.69 Å². The molecule has 0 heterocycles. The second kappa shape index (κ2) is 7.11. The first-order valence-electron chi connectivity index (χ1n) is 7.32. The summed E-state index contributed by atoms with van der Waals surface area (Å²) in [6, 6.07) is 7.04. The van der Waals surface area contributed by atoms with Crippen molar-refractivity contribution in [3.8, 4) is 0 Å². The van der Waals surface area contributed by atoms with Gasteiger partial charge < -0.3 is 15.8 Å². The average molecular weight is 290 g/mol. The van der Waals surface area contributed by atoms with Gasteiger partial charge in [0.15, 0.2) is 0 Å². The number of benzene rings is 1. The predicted molar refractivity (Wildman–Crippen MR) is 80.7 cm³/mol. The van der Waals surface area contributed by atoms with Gasteiger partial charge in [-0.3, -0.25) is 9.59 Å². The minimum atomic E-state index is -0.136. The number of para-hydroxylation sites is 1. The Morgan fingerprint density at radius 2 is 1.90 bits per heavy atom. The van der Waals surface area contributed by atoms with Crippen LogP contribution in [0.15, 0.2) is 24.3 Å². The van der Waals surface area contributed by atoms with E-state index in [9.17, 15) is 9.59 Å². The van der Waals surface area contributed by atoms with Crippen molar-refractivity contribution in [2.45, 2.75) is 25.7 Å². The molecule has 1 saturated carbocycles. The van der Waals surface area contributed by atoms with Gasteiger partial charge in [-0.05, 0) is 43.7 Å². The highest BCUT2D eigenvalue weighted by Gasteiger charge is 2.27. The maximum absolute atomic E-state index is 12.1. The zero-order valence-corrected chi connectivity index (χ0v) is 12.3. The van der Waals surface area contributed by atoms with Gasteiger partial charge in [-0.15, -0.1) is 0 Å². The monoisotopic (exact) mass is 290 g/mol. The number of nitrogens with two attached hydrogens (primary N) is 1. The molecule has 0 atom stereocenters. The molecular formula is C16H22N2O3. The Labute approximate surface area is 124 Å². The normalized spacial score (nSPS) is 21.6. The molecule has 0 spiro atoms. The Morgan fingerprint density at radius 3 is 2.52 bits per heavy atom. The number of nitrogen functional groups attached to an aromatic ring is 1. The number of nitrogens with one attached hydrogen (secondary N) is 1. The van der Waals surface area contributed by atoms with Crippen molar-refractivity contribution in [3.63, 3.8) is 0 Å². The fourth-order valence-corrected chi connectivity index (χ4v) is 2.80. The maximum Gasteiger partial charge on any atom is 0.308 e. The molecule has 5 heteroatoms. The molecule has 0 aliphatic heterocycles. The quantitative estimate of drug-likeness (QED) is 0.656. The van der Waals surface area contributed by atoms with E-state index in [1.54, 1.807) is 24.3 Å².